The van der Waals surface area contributed by atoms with Crippen LogP contribution >= 0.6 is 0 Å². The Morgan fingerprint density at radius 2 is 2.00 bits per heavy atom. The summed E-state index contributed by atoms with van der Waals surface area (Å²) in [7, 11) is 0. The van der Waals surface area contributed by atoms with Crippen LogP contribution in [0.15, 0.2) is 18.2 Å². The highest BCUT2D eigenvalue weighted by atomic mass is 15.3. The molecule has 98 valence electrons. The fourth-order valence-corrected chi connectivity index (χ4v) is 1.88. The van der Waals surface area contributed by atoms with Crippen LogP contribution < -0.4 is 16.0 Å². The normalized spacial score (nSPS) is 9.94. The van der Waals surface area contributed by atoms with Gasteiger partial charge in [-0.2, -0.15) is 0 Å². The molecule has 0 bridgehead atoms. The number of aryl methyl sites for hydroxylation is 2. The van der Waals surface area contributed by atoms with Gasteiger partial charge in [0.25, 0.3) is 0 Å². The Hall–Kier alpha value is -2.04. The van der Waals surface area contributed by atoms with Crippen LogP contribution in [0.4, 0.5) is 5.69 Å². The molecule has 0 unspecified atom stereocenters. The molecular formula is C13H21N5. The summed E-state index contributed by atoms with van der Waals surface area (Å²) in [6.07, 6.45) is 0.996. The van der Waals surface area contributed by atoms with Crippen molar-refractivity contribution in [2.45, 2.75) is 27.2 Å². The Balaban J connectivity index is 3.01. The van der Waals surface area contributed by atoms with Gasteiger partial charge < -0.3 is 10.6 Å². The lowest BCUT2D eigenvalue weighted by Crippen LogP contribution is -2.46. The predicted octanol–water partition coefficient (Wildman–Crippen LogP) is 1.80. The molecule has 0 amide bonds. The quantitative estimate of drug-likeness (QED) is 0.485. The molecule has 18 heavy (non-hydrogen) atoms. The molecule has 1 rings (SSSR count). The van der Waals surface area contributed by atoms with Crippen LogP contribution in [0.5, 0.6) is 0 Å². The van der Waals surface area contributed by atoms with Crippen LogP contribution in [0.2, 0.25) is 0 Å². The van der Waals surface area contributed by atoms with Gasteiger partial charge >= 0.3 is 0 Å². The second-order valence-corrected chi connectivity index (χ2v) is 4.11. The molecule has 5 heteroatoms. The van der Waals surface area contributed by atoms with Crippen LogP contribution in [-0.2, 0) is 6.42 Å². The minimum absolute atomic E-state index is 0.123. The molecule has 0 radical (unpaired) electrons. The van der Waals surface area contributed by atoms with Crippen molar-refractivity contribution in [1.29, 1.82) is 10.8 Å². The second kappa shape index (κ2) is 6.05. The van der Waals surface area contributed by atoms with E-state index in [4.69, 9.17) is 16.6 Å². The van der Waals surface area contributed by atoms with Crippen molar-refractivity contribution in [3.05, 3.63) is 29.3 Å². The van der Waals surface area contributed by atoms with E-state index in [0.29, 0.717) is 6.54 Å². The first-order valence-electron chi connectivity index (χ1n) is 6.06. The topological polar surface area (TPSA) is 89.0 Å². The van der Waals surface area contributed by atoms with E-state index in [2.05, 4.69) is 24.4 Å². The number of rotatable bonds is 3. The molecule has 0 heterocycles. The minimum Gasteiger partial charge on any atom is -0.370 e. The summed E-state index contributed by atoms with van der Waals surface area (Å²) < 4.78 is 0. The molecule has 0 aromatic heterocycles. The number of nitrogens with zero attached hydrogens (tertiary/aromatic N) is 1. The number of nitrogens with two attached hydrogens (primary N) is 1. The van der Waals surface area contributed by atoms with E-state index >= 15 is 0 Å². The molecule has 0 saturated heterocycles. The van der Waals surface area contributed by atoms with Crippen molar-refractivity contribution in [2.24, 2.45) is 5.73 Å². The van der Waals surface area contributed by atoms with Crippen molar-refractivity contribution in [1.82, 2.24) is 5.32 Å². The second-order valence-electron chi connectivity index (χ2n) is 4.11. The highest BCUT2D eigenvalue weighted by Gasteiger charge is 2.13. The van der Waals surface area contributed by atoms with Crippen molar-refractivity contribution in [3.63, 3.8) is 0 Å². The van der Waals surface area contributed by atoms with Crippen molar-refractivity contribution < 1.29 is 0 Å². The fourth-order valence-electron chi connectivity index (χ4n) is 1.88. The summed E-state index contributed by atoms with van der Waals surface area (Å²) in [6, 6.07) is 6.19. The van der Waals surface area contributed by atoms with E-state index < -0.39 is 0 Å². The van der Waals surface area contributed by atoms with E-state index in [1.165, 1.54) is 5.56 Å². The van der Waals surface area contributed by atoms with E-state index in [0.717, 1.165) is 17.7 Å². The molecule has 0 atom stereocenters. The van der Waals surface area contributed by atoms with Gasteiger partial charge in [0.1, 0.15) is 0 Å². The Bertz CT molecular complexity index is 453. The van der Waals surface area contributed by atoms with Gasteiger partial charge in [0.05, 0.1) is 0 Å². The first-order valence-corrected chi connectivity index (χ1v) is 6.06. The molecule has 5 nitrogen and oxygen atoms in total. The van der Waals surface area contributed by atoms with Gasteiger partial charge in [-0.15, -0.1) is 0 Å². The predicted molar refractivity (Wildman–Crippen MR) is 76.4 cm³/mol. The van der Waals surface area contributed by atoms with Crippen molar-refractivity contribution >= 4 is 17.6 Å². The number of hydrogen-bond acceptors (Lipinski definition) is 2. The summed E-state index contributed by atoms with van der Waals surface area (Å²) >= 11 is 0. The zero-order valence-corrected chi connectivity index (χ0v) is 11.2. The maximum Gasteiger partial charge on any atom is 0.202 e. The zero-order valence-electron chi connectivity index (χ0n) is 11.2. The molecule has 1 aromatic carbocycles. The van der Waals surface area contributed by atoms with Crippen molar-refractivity contribution in [3.8, 4) is 0 Å². The van der Waals surface area contributed by atoms with Gasteiger partial charge in [0, 0.05) is 12.2 Å². The van der Waals surface area contributed by atoms with Crippen LogP contribution in [0.1, 0.15) is 25.0 Å². The largest absolute Gasteiger partial charge is 0.370 e. The third-order valence-electron chi connectivity index (χ3n) is 2.80. The number of guanidine groups is 2. The van der Waals surface area contributed by atoms with E-state index in [1.54, 1.807) is 4.90 Å². The van der Waals surface area contributed by atoms with E-state index in [1.807, 2.05) is 19.9 Å². The van der Waals surface area contributed by atoms with Crippen LogP contribution in [-0.4, -0.2) is 18.5 Å². The number of nitrogens with one attached hydrogen (secondary N) is 3. The van der Waals surface area contributed by atoms with Crippen LogP contribution in [0.3, 0.4) is 0 Å². The Labute approximate surface area is 108 Å². The third kappa shape index (κ3) is 3.23. The first kappa shape index (κ1) is 14.0. The number of anilines is 1. The fraction of sp³-hybridized carbons (Fsp3) is 0.385. The third-order valence-corrected chi connectivity index (χ3v) is 2.80. The van der Waals surface area contributed by atoms with E-state index in [-0.39, 0.29) is 11.9 Å². The van der Waals surface area contributed by atoms with Gasteiger partial charge in [0.2, 0.25) is 5.96 Å². The molecule has 0 aliphatic carbocycles. The standard InChI is InChI=1S/C13H21N5/c1-4-10-6-7-11(9(3)8-10)18(5-2)13(16)17-12(14)15/h6-8H,4-5H2,1-3H3,(H5,14,15,16,17). The average Bonchev–Trinajstić information content (AvgIpc) is 2.31. The maximum absolute atomic E-state index is 7.90. The van der Waals surface area contributed by atoms with Crippen LogP contribution in [0, 0.1) is 17.7 Å². The Morgan fingerprint density at radius 3 is 2.44 bits per heavy atom. The molecule has 0 aliphatic rings. The van der Waals surface area contributed by atoms with Gasteiger partial charge in [-0.25, -0.2) is 0 Å². The SMILES string of the molecule is CCc1ccc(N(CC)C(=N)NC(=N)N)c(C)c1. The molecule has 0 saturated carbocycles. The summed E-state index contributed by atoms with van der Waals surface area (Å²) in [6.45, 7) is 6.75. The highest BCUT2D eigenvalue weighted by Crippen LogP contribution is 2.21. The van der Waals surface area contributed by atoms with Crippen molar-refractivity contribution in [2.75, 3.05) is 11.4 Å². The van der Waals surface area contributed by atoms with Gasteiger partial charge in [-0.3, -0.25) is 16.1 Å². The summed E-state index contributed by atoms with van der Waals surface area (Å²) in [5.41, 5.74) is 8.61. The van der Waals surface area contributed by atoms with E-state index in [9.17, 15) is 0 Å². The Morgan fingerprint density at radius 1 is 1.33 bits per heavy atom. The lowest BCUT2D eigenvalue weighted by atomic mass is 10.1. The highest BCUT2D eigenvalue weighted by molar-refractivity contribution is 6.03. The zero-order chi connectivity index (χ0) is 13.7. The average molecular weight is 247 g/mol. The Kier molecular flexibility index (Phi) is 4.71. The van der Waals surface area contributed by atoms with Gasteiger partial charge in [-0.1, -0.05) is 19.1 Å². The summed E-state index contributed by atoms with van der Waals surface area (Å²) in [5.74, 6) is -0.0985. The molecular weight excluding hydrogens is 226 g/mol. The molecule has 5 N–H and O–H groups in total. The van der Waals surface area contributed by atoms with Crippen LogP contribution in [0.25, 0.3) is 0 Å². The lowest BCUT2D eigenvalue weighted by Gasteiger charge is -2.25. The monoisotopic (exact) mass is 247 g/mol. The molecule has 1 aromatic rings. The van der Waals surface area contributed by atoms with Gasteiger partial charge in [0.15, 0.2) is 5.96 Å². The first-order chi connectivity index (χ1) is 8.49. The summed E-state index contributed by atoms with van der Waals surface area (Å²) in [5, 5.41) is 17.6. The summed E-state index contributed by atoms with van der Waals surface area (Å²) in [4.78, 5) is 1.79. The molecule has 0 spiro atoms. The molecule has 0 fully saturated rings. The maximum atomic E-state index is 7.90. The lowest BCUT2D eigenvalue weighted by molar-refractivity contribution is 0.991. The smallest absolute Gasteiger partial charge is 0.202 e. The minimum atomic E-state index is -0.221. The number of benzene rings is 1. The number of hydrogen-bond donors (Lipinski definition) is 4. The molecule has 0 aliphatic heterocycles. The van der Waals surface area contributed by atoms with Gasteiger partial charge in [-0.05, 0) is 37.5 Å².